The highest BCUT2D eigenvalue weighted by atomic mass is 32.2. The summed E-state index contributed by atoms with van der Waals surface area (Å²) in [7, 11) is -2.20. The van der Waals surface area contributed by atoms with E-state index in [1.54, 1.807) is 38.0 Å². The third-order valence-corrected chi connectivity index (χ3v) is 7.03. The second kappa shape index (κ2) is 10.2. The predicted molar refractivity (Wildman–Crippen MR) is 124 cm³/mol. The number of piperazine rings is 1. The van der Waals surface area contributed by atoms with Crippen molar-refractivity contribution in [1.29, 1.82) is 0 Å². The van der Waals surface area contributed by atoms with Crippen LogP contribution in [0.25, 0.3) is 0 Å². The van der Waals surface area contributed by atoms with Crippen LogP contribution in [0.2, 0.25) is 0 Å². The predicted octanol–water partition coefficient (Wildman–Crippen LogP) is 2.42. The fourth-order valence-electron chi connectivity index (χ4n) is 3.71. The topological polar surface area (TPSA) is 88.2 Å². The molecular weight excluding hydrogens is 430 g/mol. The number of nitrogens with zero attached hydrogens (tertiary/aromatic N) is 2. The smallest absolute Gasteiger partial charge is 0.241 e. The lowest BCUT2D eigenvalue weighted by atomic mass is 10.2. The van der Waals surface area contributed by atoms with Gasteiger partial charge < -0.3 is 19.3 Å². The SMILES string of the molecule is CCOc1ccc(S(=O)(=O)N[C@H](C)C(=O)N2CCN(c3ccc(OC)cc3)CC2)cc1C. The molecule has 1 heterocycles. The first-order valence-corrected chi connectivity index (χ1v) is 12.2. The van der Waals surface area contributed by atoms with Gasteiger partial charge in [-0.15, -0.1) is 0 Å². The summed E-state index contributed by atoms with van der Waals surface area (Å²) in [6.07, 6.45) is 0. The average molecular weight is 462 g/mol. The van der Waals surface area contributed by atoms with Crippen LogP contribution in [0, 0.1) is 6.92 Å². The fraction of sp³-hybridized carbons (Fsp3) is 0.435. The summed E-state index contributed by atoms with van der Waals surface area (Å²) in [5, 5.41) is 0. The van der Waals surface area contributed by atoms with Crippen molar-refractivity contribution >= 4 is 21.6 Å². The Balaban J connectivity index is 1.59. The van der Waals surface area contributed by atoms with E-state index in [1.165, 1.54) is 6.07 Å². The molecule has 1 aliphatic rings. The molecular formula is C23H31N3O5S. The van der Waals surface area contributed by atoms with Crippen molar-refractivity contribution in [3.8, 4) is 11.5 Å². The van der Waals surface area contributed by atoms with E-state index in [-0.39, 0.29) is 10.8 Å². The number of carbonyl (C=O) groups excluding carboxylic acids is 1. The molecule has 1 saturated heterocycles. The fourth-order valence-corrected chi connectivity index (χ4v) is 4.99. The Morgan fingerprint density at radius 2 is 1.75 bits per heavy atom. The van der Waals surface area contributed by atoms with Crippen LogP contribution in [0.4, 0.5) is 5.69 Å². The van der Waals surface area contributed by atoms with E-state index in [9.17, 15) is 13.2 Å². The summed E-state index contributed by atoms with van der Waals surface area (Å²) < 4.78 is 38.8. The first kappa shape index (κ1) is 23.9. The minimum atomic E-state index is -3.83. The average Bonchev–Trinajstić information content (AvgIpc) is 2.80. The maximum absolute atomic E-state index is 12.9. The van der Waals surface area contributed by atoms with Crippen molar-refractivity contribution < 1.29 is 22.7 Å². The monoisotopic (exact) mass is 461 g/mol. The molecule has 1 amide bonds. The van der Waals surface area contributed by atoms with Gasteiger partial charge in [-0.25, -0.2) is 8.42 Å². The maximum atomic E-state index is 12.9. The molecule has 0 aromatic heterocycles. The number of ether oxygens (including phenoxy) is 2. The van der Waals surface area contributed by atoms with Gasteiger partial charge >= 0.3 is 0 Å². The van der Waals surface area contributed by atoms with E-state index < -0.39 is 16.1 Å². The Kier molecular flexibility index (Phi) is 7.63. The van der Waals surface area contributed by atoms with Crippen molar-refractivity contribution in [3.05, 3.63) is 48.0 Å². The summed E-state index contributed by atoms with van der Waals surface area (Å²) in [5.74, 6) is 1.21. The van der Waals surface area contributed by atoms with Gasteiger partial charge in [0.25, 0.3) is 0 Å². The molecule has 0 spiro atoms. The molecule has 0 unspecified atom stereocenters. The van der Waals surface area contributed by atoms with Gasteiger partial charge in [-0.05, 0) is 68.8 Å². The molecule has 8 nitrogen and oxygen atoms in total. The summed E-state index contributed by atoms with van der Waals surface area (Å²) in [4.78, 5) is 16.9. The number of methoxy groups -OCH3 is 1. The minimum absolute atomic E-state index is 0.113. The summed E-state index contributed by atoms with van der Waals surface area (Å²) in [6.45, 7) is 8.15. The first-order chi connectivity index (χ1) is 15.2. The standard InChI is InChI=1S/C23H31N3O5S/c1-5-31-22-11-10-21(16-17(22)2)32(28,29)24-18(3)23(27)26-14-12-25(13-15-26)19-6-8-20(30-4)9-7-19/h6-11,16,18,24H,5,12-15H2,1-4H3/t18-/m1/s1. The molecule has 1 aliphatic heterocycles. The molecule has 0 aliphatic carbocycles. The Labute approximate surface area is 190 Å². The molecule has 1 atom stereocenters. The second-order valence-electron chi connectivity index (χ2n) is 7.71. The Morgan fingerprint density at radius 1 is 1.09 bits per heavy atom. The van der Waals surface area contributed by atoms with Gasteiger partial charge in [-0.1, -0.05) is 0 Å². The van der Waals surface area contributed by atoms with Crippen molar-refractivity contribution in [3.63, 3.8) is 0 Å². The first-order valence-electron chi connectivity index (χ1n) is 10.7. The molecule has 3 rings (SSSR count). The van der Waals surface area contributed by atoms with Crippen molar-refractivity contribution in [2.45, 2.75) is 31.7 Å². The lowest BCUT2D eigenvalue weighted by Gasteiger charge is -2.37. The molecule has 0 saturated carbocycles. The number of amides is 1. The quantitative estimate of drug-likeness (QED) is 0.650. The van der Waals surface area contributed by atoms with Gasteiger partial charge in [0.05, 0.1) is 24.7 Å². The normalized spacial score (nSPS) is 15.4. The third kappa shape index (κ3) is 5.52. The maximum Gasteiger partial charge on any atom is 0.241 e. The van der Waals surface area contributed by atoms with E-state index in [4.69, 9.17) is 9.47 Å². The Morgan fingerprint density at radius 3 is 2.31 bits per heavy atom. The molecule has 174 valence electrons. The third-order valence-electron chi connectivity index (χ3n) is 5.49. The summed E-state index contributed by atoms with van der Waals surface area (Å²) in [5.41, 5.74) is 1.79. The van der Waals surface area contributed by atoms with Crippen LogP contribution in [0.15, 0.2) is 47.4 Å². The summed E-state index contributed by atoms with van der Waals surface area (Å²) in [6, 6.07) is 11.6. The van der Waals surface area contributed by atoms with Gasteiger partial charge in [0.1, 0.15) is 11.5 Å². The lowest BCUT2D eigenvalue weighted by molar-refractivity contribution is -0.132. The van der Waals surface area contributed by atoms with E-state index in [1.807, 2.05) is 31.2 Å². The van der Waals surface area contributed by atoms with Gasteiger partial charge in [0.2, 0.25) is 15.9 Å². The molecule has 1 N–H and O–H groups in total. The van der Waals surface area contributed by atoms with E-state index in [0.717, 1.165) is 17.0 Å². The van der Waals surface area contributed by atoms with Gasteiger partial charge in [0, 0.05) is 31.9 Å². The molecule has 32 heavy (non-hydrogen) atoms. The van der Waals surface area contributed by atoms with Crippen molar-refractivity contribution in [2.75, 3.05) is 44.8 Å². The Hall–Kier alpha value is -2.78. The zero-order valence-corrected chi connectivity index (χ0v) is 19.8. The van der Waals surface area contributed by atoms with E-state index in [2.05, 4.69) is 9.62 Å². The highest BCUT2D eigenvalue weighted by Gasteiger charge is 2.28. The van der Waals surface area contributed by atoms with Crippen LogP contribution in [0.1, 0.15) is 19.4 Å². The number of carbonyl (C=O) groups is 1. The van der Waals surface area contributed by atoms with Crippen molar-refractivity contribution in [2.24, 2.45) is 0 Å². The van der Waals surface area contributed by atoms with Crippen molar-refractivity contribution in [1.82, 2.24) is 9.62 Å². The number of hydrogen-bond acceptors (Lipinski definition) is 6. The zero-order valence-electron chi connectivity index (χ0n) is 19.0. The van der Waals surface area contributed by atoms with Gasteiger partial charge in [-0.3, -0.25) is 4.79 Å². The molecule has 2 aromatic rings. The van der Waals surface area contributed by atoms with Crippen LogP contribution in [0.5, 0.6) is 11.5 Å². The van der Waals surface area contributed by atoms with E-state index in [0.29, 0.717) is 38.5 Å². The number of hydrogen-bond donors (Lipinski definition) is 1. The number of rotatable bonds is 8. The molecule has 2 aromatic carbocycles. The van der Waals surface area contributed by atoms with E-state index >= 15 is 0 Å². The van der Waals surface area contributed by atoms with Gasteiger partial charge in [0.15, 0.2) is 0 Å². The largest absolute Gasteiger partial charge is 0.497 e. The summed E-state index contributed by atoms with van der Waals surface area (Å²) >= 11 is 0. The molecule has 9 heteroatoms. The number of benzene rings is 2. The number of sulfonamides is 1. The molecule has 0 bridgehead atoms. The van der Waals surface area contributed by atoms with Crippen LogP contribution < -0.4 is 19.1 Å². The number of anilines is 1. The number of aryl methyl sites for hydroxylation is 1. The van der Waals surface area contributed by atoms with Crippen LogP contribution in [-0.4, -0.2) is 65.2 Å². The van der Waals surface area contributed by atoms with Gasteiger partial charge in [-0.2, -0.15) is 4.72 Å². The second-order valence-corrected chi connectivity index (χ2v) is 9.43. The minimum Gasteiger partial charge on any atom is -0.497 e. The lowest BCUT2D eigenvalue weighted by Crippen LogP contribution is -2.54. The van der Waals surface area contributed by atoms with Crippen LogP contribution in [0.3, 0.4) is 0 Å². The molecule has 0 radical (unpaired) electrons. The Bertz CT molecular complexity index is 1030. The zero-order chi connectivity index (χ0) is 23.3. The molecule has 1 fully saturated rings. The highest BCUT2D eigenvalue weighted by Crippen LogP contribution is 2.23. The van der Waals surface area contributed by atoms with Crippen LogP contribution in [-0.2, 0) is 14.8 Å². The van der Waals surface area contributed by atoms with Crippen LogP contribution >= 0.6 is 0 Å². The number of nitrogens with one attached hydrogen (secondary N) is 1. The highest BCUT2D eigenvalue weighted by molar-refractivity contribution is 7.89.